The molecule has 0 spiro atoms. The number of rotatable bonds is 3. The fourth-order valence-corrected chi connectivity index (χ4v) is 1.23. The quantitative estimate of drug-likeness (QED) is 0.561. The van der Waals surface area contributed by atoms with Gasteiger partial charge in [-0.1, -0.05) is 29.8 Å². The molecule has 0 aromatic heterocycles. The van der Waals surface area contributed by atoms with Gasteiger partial charge in [-0.25, -0.2) is 0 Å². The van der Waals surface area contributed by atoms with Crippen LogP contribution < -0.4 is 0 Å². The smallest absolute Gasteiger partial charge is 0.181 e. The second-order valence-electron chi connectivity index (χ2n) is 2.85. The van der Waals surface area contributed by atoms with Gasteiger partial charge in [-0.2, -0.15) is 0 Å². The van der Waals surface area contributed by atoms with Crippen LogP contribution in [0.3, 0.4) is 0 Å². The Morgan fingerprint density at radius 2 is 1.92 bits per heavy atom. The highest BCUT2D eigenvalue weighted by atomic mass is 35.5. The number of Topliss-reactive ketones (excluding diaryl/α,β-unsaturated/α-hetero) is 1. The van der Waals surface area contributed by atoms with Gasteiger partial charge in [0.25, 0.3) is 0 Å². The summed E-state index contributed by atoms with van der Waals surface area (Å²) >= 11 is 11.2. The van der Waals surface area contributed by atoms with E-state index in [0.717, 1.165) is 5.56 Å². The monoisotopic (exact) mass is 216 g/mol. The molecule has 0 N–H and O–H groups in total. The Morgan fingerprint density at radius 3 is 2.38 bits per heavy atom. The lowest BCUT2D eigenvalue weighted by molar-refractivity contribution is 0.0993. The number of halogens is 2. The van der Waals surface area contributed by atoms with Crippen molar-refractivity contribution in [2.45, 2.75) is 12.3 Å². The van der Waals surface area contributed by atoms with Gasteiger partial charge in [-0.15, -0.1) is 23.2 Å². The Hall–Kier alpha value is -0.530. The molecule has 1 aromatic rings. The summed E-state index contributed by atoms with van der Waals surface area (Å²) in [6.45, 7) is 1.97. The zero-order chi connectivity index (χ0) is 9.84. The van der Waals surface area contributed by atoms with Gasteiger partial charge in [0, 0.05) is 11.4 Å². The predicted octanol–water partition coefficient (Wildman–Crippen LogP) is 3.02. The van der Waals surface area contributed by atoms with Crippen molar-refractivity contribution < 1.29 is 4.79 Å². The lowest BCUT2D eigenvalue weighted by Crippen LogP contribution is -2.15. The van der Waals surface area contributed by atoms with Gasteiger partial charge in [-0.05, 0) is 6.92 Å². The molecule has 0 radical (unpaired) electrons. The Morgan fingerprint density at radius 1 is 1.38 bits per heavy atom. The number of aryl methyl sites for hydroxylation is 1. The maximum absolute atomic E-state index is 11.5. The fraction of sp³-hybridized carbons (Fsp3) is 0.300. The molecule has 0 aliphatic carbocycles. The molecule has 3 heteroatoms. The SMILES string of the molecule is Cc1ccc(C(=O)C(Cl)CCl)cc1. The average Bonchev–Trinajstić information content (AvgIpc) is 2.17. The average molecular weight is 217 g/mol. The second-order valence-corrected chi connectivity index (χ2v) is 3.69. The van der Waals surface area contributed by atoms with Gasteiger partial charge in [0.15, 0.2) is 5.78 Å². The molecule has 1 atom stereocenters. The van der Waals surface area contributed by atoms with E-state index in [1.54, 1.807) is 12.1 Å². The molecule has 0 amide bonds. The van der Waals surface area contributed by atoms with Gasteiger partial charge in [0.2, 0.25) is 0 Å². The summed E-state index contributed by atoms with van der Waals surface area (Å²) in [5.74, 6) is 0.0329. The predicted molar refractivity (Wildman–Crippen MR) is 55.9 cm³/mol. The molecule has 0 saturated heterocycles. The van der Waals surface area contributed by atoms with Crippen LogP contribution in [0.1, 0.15) is 15.9 Å². The molecular formula is C10H10Cl2O. The van der Waals surface area contributed by atoms with E-state index < -0.39 is 5.38 Å². The van der Waals surface area contributed by atoms with Crippen LogP contribution in [0.25, 0.3) is 0 Å². The third-order valence-electron chi connectivity index (χ3n) is 1.76. The van der Waals surface area contributed by atoms with E-state index in [-0.39, 0.29) is 11.7 Å². The molecule has 0 aliphatic heterocycles. The van der Waals surface area contributed by atoms with E-state index in [9.17, 15) is 4.79 Å². The van der Waals surface area contributed by atoms with Crippen LogP contribution >= 0.6 is 23.2 Å². The highest BCUT2D eigenvalue weighted by Gasteiger charge is 2.15. The zero-order valence-electron chi connectivity index (χ0n) is 7.26. The highest BCUT2D eigenvalue weighted by Crippen LogP contribution is 2.10. The van der Waals surface area contributed by atoms with Crippen molar-refractivity contribution in [1.29, 1.82) is 0 Å². The summed E-state index contributed by atoms with van der Waals surface area (Å²) in [6.07, 6.45) is 0. The van der Waals surface area contributed by atoms with E-state index in [0.29, 0.717) is 5.56 Å². The lowest BCUT2D eigenvalue weighted by atomic mass is 10.1. The zero-order valence-corrected chi connectivity index (χ0v) is 8.77. The van der Waals surface area contributed by atoms with E-state index >= 15 is 0 Å². The Bertz CT molecular complexity index is 292. The van der Waals surface area contributed by atoms with Gasteiger partial charge < -0.3 is 0 Å². The molecule has 0 saturated carbocycles. The molecule has 0 aliphatic rings. The van der Waals surface area contributed by atoms with Crippen molar-refractivity contribution in [3.05, 3.63) is 35.4 Å². The van der Waals surface area contributed by atoms with Crippen molar-refractivity contribution in [2.75, 3.05) is 5.88 Å². The molecule has 1 unspecified atom stereocenters. The standard InChI is InChI=1S/C10H10Cl2O/c1-7-2-4-8(5-3-7)10(13)9(12)6-11/h2-5,9H,6H2,1H3. The Labute approximate surface area is 87.7 Å². The summed E-state index contributed by atoms with van der Waals surface area (Å²) in [4.78, 5) is 11.5. The van der Waals surface area contributed by atoms with E-state index in [4.69, 9.17) is 23.2 Å². The summed E-state index contributed by atoms with van der Waals surface area (Å²) in [7, 11) is 0. The number of benzene rings is 1. The second kappa shape index (κ2) is 4.64. The lowest BCUT2D eigenvalue weighted by Gasteiger charge is -2.04. The number of ketones is 1. The van der Waals surface area contributed by atoms with Crippen LogP contribution in [0.4, 0.5) is 0 Å². The first-order valence-electron chi connectivity index (χ1n) is 3.96. The van der Waals surface area contributed by atoms with Crippen LogP contribution in [0.5, 0.6) is 0 Å². The van der Waals surface area contributed by atoms with Crippen molar-refractivity contribution in [2.24, 2.45) is 0 Å². The Balaban J connectivity index is 2.83. The van der Waals surface area contributed by atoms with Crippen molar-refractivity contribution in [1.82, 2.24) is 0 Å². The number of hydrogen-bond acceptors (Lipinski definition) is 1. The first kappa shape index (κ1) is 10.6. The van der Waals surface area contributed by atoms with Crippen LogP contribution in [-0.2, 0) is 0 Å². The van der Waals surface area contributed by atoms with E-state index in [1.807, 2.05) is 19.1 Å². The highest BCUT2D eigenvalue weighted by molar-refractivity contribution is 6.38. The molecule has 0 bridgehead atoms. The third-order valence-corrected chi connectivity index (χ3v) is 2.58. The molecule has 1 nitrogen and oxygen atoms in total. The summed E-state index contributed by atoms with van der Waals surface area (Å²) in [5.41, 5.74) is 1.74. The normalized spacial score (nSPS) is 12.5. The minimum absolute atomic E-state index is 0.114. The van der Waals surface area contributed by atoms with Gasteiger partial charge in [0.1, 0.15) is 5.38 Å². The molecular weight excluding hydrogens is 207 g/mol. The van der Waals surface area contributed by atoms with Crippen LogP contribution in [0.2, 0.25) is 0 Å². The maximum Gasteiger partial charge on any atom is 0.181 e. The van der Waals surface area contributed by atoms with Crippen LogP contribution in [0.15, 0.2) is 24.3 Å². The number of carbonyl (C=O) groups is 1. The number of carbonyl (C=O) groups excluding carboxylic acids is 1. The topological polar surface area (TPSA) is 17.1 Å². The summed E-state index contributed by atoms with van der Waals surface area (Å²) in [6, 6.07) is 7.29. The molecule has 0 heterocycles. The fourth-order valence-electron chi connectivity index (χ4n) is 0.969. The van der Waals surface area contributed by atoms with Crippen LogP contribution in [0, 0.1) is 6.92 Å². The molecule has 70 valence electrons. The number of alkyl halides is 2. The van der Waals surface area contributed by atoms with Gasteiger partial charge >= 0.3 is 0 Å². The minimum Gasteiger partial charge on any atom is -0.292 e. The van der Waals surface area contributed by atoms with Crippen molar-refractivity contribution in [3.63, 3.8) is 0 Å². The summed E-state index contributed by atoms with van der Waals surface area (Å²) < 4.78 is 0. The van der Waals surface area contributed by atoms with E-state index in [2.05, 4.69) is 0 Å². The maximum atomic E-state index is 11.5. The third kappa shape index (κ3) is 2.71. The van der Waals surface area contributed by atoms with Crippen LogP contribution in [-0.4, -0.2) is 17.0 Å². The molecule has 13 heavy (non-hydrogen) atoms. The van der Waals surface area contributed by atoms with Gasteiger partial charge in [-0.3, -0.25) is 4.79 Å². The first-order valence-corrected chi connectivity index (χ1v) is 4.93. The minimum atomic E-state index is -0.621. The molecule has 1 rings (SSSR count). The number of hydrogen-bond donors (Lipinski definition) is 0. The van der Waals surface area contributed by atoms with Gasteiger partial charge in [0.05, 0.1) is 0 Å². The first-order chi connectivity index (χ1) is 6.15. The Kier molecular flexibility index (Phi) is 3.76. The van der Waals surface area contributed by atoms with Crippen molar-refractivity contribution >= 4 is 29.0 Å². The van der Waals surface area contributed by atoms with Crippen molar-refractivity contribution in [3.8, 4) is 0 Å². The van der Waals surface area contributed by atoms with E-state index in [1.165, 1.54) is 0 Å². The summed E-state index contributed by atoms with van der Waals surface area (Å²) in [5, 5.41) is -0.621. The largest absolute Gasteiger partial charge is 0.292 e. The molecule has 1 aromatic carbocycles. The molecule has 0 fully saturated rings.